The fourth-order valence-electron chi connectivity index (χ4n) is 3.54. The minimum Gasteiger partial charge on any atom is -0.467 e. The van der Waals surface area contributed by atoms with E-state index in [1.54, 1.807) is 35.6 Å². The number of furan rings is 1. The molecule has 0 saturated carbocycles. The number of rotatable bonds is 6. The van der Waals surface area contributed by atoms with Crippen molar-refractivity contribution in [3.05, 3.63) is 90.4 Å². The van der Waals surface area contributed by atoms with E-state index in [0.717, 1.165) is 31.6 Å². The van der Waals surface area contributed by atoms with E-state index in [4.69, 9.17) is 14.1 Å². The van der Waals surface area contributed by atoms with E-state index >= 15 is 0 Å². The van der Waals surface area contributed by atoms with E-state index in [-0.39, 0.29) is 13.2 Å². The molecule has 5 rings (SSSR count). The first-order chi connectivity index (χ1) is 15.7. The Kier molecular flexibility index (Phi) is 5.39. The highest BCUT2D eigenvalue weighted by Gasteiger charge is 2.18. The smallest absolute Gasteiger partial charge is 0.339 e. The van der Waals surface area contributed by atoms with Crippen molar-refractivity contribution in [3.8, 4) is 10.6 Å². The summed E-state index contributed by atoms with van der Waals surface area (Å²) in [7, 11) is 0. The molecular formula is C25H18N2O4S. The second-order valence-electron chi connectivity index (χ2n) is 7.13. The van der Waals surface area contributed by atoms with Crippen LogP contribution in [0.3, 0.4) is 0 Å². The van der Waals surface area contributed by atoms with Crippen LogP contribution >= 0.6 is 11.3 Å². The zero-order valence-electron chi connectivity index (χ0n) is 16.9. The summed E-state index contributed by atoms with van der Waals surface area (Å²) in [6.07, 6.45) is 1.53. The van der Waals surface area contributed by atoms with E-state index in [9.17, 15) is 9.59 Å². The number of esters is 1. The summed E-state index contributed by atoms with van der Waals surface area (Å²) in [5.41, 5.74) is 2.17. The van der Waals surface area contributed by atoms with Crippen LogP contribution < -0.4 is 5.32 Å². The molecule has 0 saturated heterocycles. The van der Waals surface area contributed by atoms with E-state index < -0.39 is 11.9 Å². The van der Waals surface area contributed by atoms with Gasteiger partial charge in [0.1, 0.15) is 10.8 Å². The van der Waals surface area contributed by atoms with Crippen molar-refractivity contribution in [2.75, 3.05) is 6.61 Å². The van der Waals surface area contributed by atoms with Crippen LogP contribution in [0.15, 0.2) is 83.5 Å². The molecule has 1 N–H and O–H groups in total. The molecule has 2 heterocycles. The molecule has 5 aromatic rings. The number of aromatic nitrogens is 1. The summed E-state index contributed by atoms with van der Waals surface area (Å²) < 4.78 is 11.6. The van der Waals surface area contributed by atoms with E-state index in [2.05, 4.69) is 5.32 Å². The average Bonchev–Trinajstić information content (AvgIpc) is 3.50. The average molecular weight is 442 g/mol. The van der Waals surface area contributed by atoms with Crippen LogP contribution in [0.25, 0.3) is 31.6 Å². The molecule has 0 aliphatic heterocycles. The number of carbonyl (C=O) groups excluding carboxylic acids is 2. The Labute approximate surface area is 187 Å². The number of amides is 1. The van der Waals surface area contributed by atoms with Crippen LogP contribution in [-0.2, 0) is 16.1 Å². The summed E-state index contributed by atoms with van der Waals surface area (Å²) in [5, 5.41) is 5.15. The molecule has 2 aromatic heterocycles. The lowest BCUT2D eigenvalue weighted by atomic mass is 9.99. The Hall–Kier alpha value is -3.97. The number of hydrogen-bond donors (Lipinski definition) is 1. The summed E-state index contributed by atoms with van der Waals surface area (Å²) >= 11 is 1.57. The van der Waals surface area contributed by atoms with Gasteiger partial charge in [-0.05, 0) is 35.7 Å². The number of carbonyl (C=O) groups is 2. The fraction of sp³-hybridized carbons (Fsp3) is 0.0800. The largest absolute Gasteiger partial charge is 0.467 e. The molecule has 0 spiro atoms. The maximum atomic E-state index is 12.9. The molecule has 32 heavy (non-hydrogen) atoms. The summed E-state index contributed by atoms with van der Waals surface area (Å²) in [5.74, 6) is -0.335. The minimum atomic E-state index is -0.558. The first-order valence-electron chi connectivity index (χ1n) is 10.0. The van der Waals surface area contributed by atoms with Crippen molar-refractivity contribution in [1.29, 1.82) is 0 Å². The quantitative estimate of drug-likeness (QED) is 0.366. The maximum Gasteiger partial charge on any atom is 0.339 e. The van der Waals surface area contributed by atoms with Crippen molar-refractivity contribution in [1.82, 2.24) is 10.3 Å². The molecular weight excluding hydrogens is 424 g/mol. The number of fused-ring (bicyclic) bond motifs is 2. The van der Waals surface area contributed by atoms with Gasteiger partial charge in [-0.3, -0.25) is 4.79 Å². The molecule has 158 valence electrons. The fourth-order valence-corrected chi connectivity index (χ4v) is 4.53. The molecule has 0 atom stereocenters. The zero-order chi connectivity index (χ0) is 21.9. The lowest BCUT2D eigenvalue weighted by Crippen LogP contribution is -2.28. The SMILES string of the molecule is O=C(COC(=O)c1cccc2cccc(-c3nc4ccccc4s3)c12)NCc1ccco1. The number of hydrogen-bond acceptors (Lipinski definition) is 6. The number of benzene rings is 3. The molecule has 1 amide bonds. The third-order valence-electron chi connectivity index (χ3n) is 5.02. The van der Waals surface area contributed by atoms with Gasteiger partial charge in [-0.15, -0.1) is 11.3 Å². The number of nitrogens with one attached hydrogen (secondary N) is 1. The predicted molar refractivity (Wildman–Crippen MR) is 123 cm³/mol. The Balaban J connectivity index is 1.41. The highest BCUT2D eigenvalue weighted by atomic mass is 32.1. The topological polar surface area (TPSA) is 81.4 Å². The molecule has 0 aliphatic carbocycles. The molecule has 0 radical (unpaired) electrons. The van der Waals surface area contributed by atoms with Crippen LogP contribution in [-0.4, -0.2) is 23.5 Å². The number of nitrogens with zero attached hydrogens (tertiary/aromatic N) is 1. The third-order valence-corrected chi connectivity index (χ3v) is 6.09. The second kappa shape index (κ2) is 8.64. The normalized spacial score (nSPS) is 11.0. The Morgan fingerprint density at radius 1 is 0.969 bits per heavy atom. The van der Waals surface area contributed by atoms with Crippen LogP contribution in [0.2, 0.25) is 0 Å². The first kappa shape index (κ1) is 20.0. The van der Waals surface area contributed by atoms with Gasteiger partial charge in [0.15, 0.2) is 6.61 Å². The number of para-hydroxylation sites is 1. The lowest BCUT2D eigenvalue weighted by molar-refractivity contribution is -0.124. The Morgan fingerprint density at radius 3 is 2.62 bits per heavy atom. The number of thiazole rings is 1. The van der Waals surface area contributed by atoms with Gasteiger partial charge in [0, 0.05) is 10.9 Å². The van der Waals surface area contributed by atoms with Gasteiger partial charge in [-0.25, -0.2) is 9.78 Å². The van der Waals surface area contributed by atoms with E-state index in [1.165, 1.54) is 6.26 Å². The third kappa shape index (κ3) is 3.98. The summed E-state index contributed by atoms with van der Waals surface area (Å²) in [6.45, 7) is -0.140. The summed E-state index contributed by atoms with van der Waals surface area (Å²) in [4.78, 5) is 29.8. The predicted octanol–water partition coefficient (Wildman–Crippen LogP) is 5.18. The van der Waals surface area contributed by atoms with E-state index in [1.807, 2.05) is 48.5 Å². The van der Waals surface area contributed by atoms with Gasteiger partial charge < -0.3 is 14.5 Å². The molecule has 0 unspecified atom stereocenters. The first-order valence-corrected chi connectivity index (χ1v) is 10.8. The second-order valence-corrected chi connectivity index (χ2v) is 8.16. The monoisotopic (exact) mass is 442 g/mol. The molecule has 0 aliphatic rings. The molecule has 6 nitrogen and oxygen atoms in total. The Bertz CT molecular complexity index is 1380. The number of ether oxygens (including phenoxy) is 1. The van der Waals surface area contributed by atoms with Crippen molar-refractivity contribution in [2.45, 2.75) is 6.54 Å². The van der Waals surface area contributed by atoms with Gasteiger partial charge in [0.05, 0.1) is 28.6 Å². The maximum absolute atomic E-state index is 12.9. The molecule has 0 bridgehead atoms. The van der Waals surface area contributed by atoms with Gasteiger partial charge in [-0.2, -0.15) is 0 Å². The standard InChI is InChI=1S/C25H18N2O4S/c28-22(26-14-17-8-5-13-30-17)15-31-25(29)19-10-4-7-16-6-3-9-18(23(16)19)24-27-20-11-1-2-12-21(20)32-24/h1-13H,14-15H2,(H,26,28). The highest BCUT2D eigenvalue weighted by Crippen LogP contribution is 2.36. The van der Waals surface area contributed by atoms with Gasteiger partial charge in [0.25, 0.3) is 5.91 Å². The van der Waals surface area contributed by atoms with Crippen molar-refractivity contribution in [2.24, 2.45) is 0 Å². The van der Waals surface area contributed by atoms with Crippen molar-refractivity contribution >= 4 is 44.2 Å². The van der Waals surface area contributed by atoms with E-state index in [0.29, 0.717) is 11.3 Å². The van der Waals surface area contributed by atoms with Crippen LogP contribution in [0, 0.1) is 0 Å². The van der Waals surface area contributed by atoms with Gasteiger partial charge in [-0.1, -0.05) is 42.5 Å². The Morgan fingerprint density at radius 2 is 1.81 bits per heavy atom. The highest BCUT2D eigenvalue weighted by molar-refractivity contribution is 7.21. The zero-order valence-corrected chi connectivity index (χ0v) is 17.7. The molecule has 0 fully saturated rings. The molecule has 3 aromatic carbocycles. The van der Waals surface area contributed by atoms with Gasteiger partial charge in [0.2, 0.25) is 0 Å². The van der Waals surface area contributed by atoms with Gasteiger partial charge >= 0.3 is 5.97 Å². The molecule has 7 heteroatoms. The summed E-state index contributed by atoms with van der Waals surface area (Å²) in [6, 6.07) is 22.7. The van der Waals surface area contributed by atoms with Crippen LogP contribution in [0.4, 0.5) is 0 Å². The minimum absolute atomic E-state index is 0.236. The van der Waals surface area contributed by atoms with Crippen LogP contribution in [0.5, 0.6) is 0 Å². The lowest BCUT2D eigenvalue weighted by Gasteiger charge is -2.10. The van der Waals surface area contributed by atoms with Crippen molar-refractivity contribution in [3.63, 3.8) is 0 Å². The van der Waals surface area contributed by atoms with Crippen molar-refractivity contribution < 1.29 is 18.7 Å². The van der Waals surface area contributed by atoms with Crippen LogP contribution in [0.1, 0.15) is 16.1 Å².